The molecule has 0 atom stereocenters. The van der Waals surface area contributed by atoms with E-state index in [4.69, 9.17) is 4.74 Å². The maximum atomic E-state index is 5.75. The summed E-state index contributed by atoms with van der Waals surface area (Å²) in [4.78, 5) is 0. The molecule has 0 aromatic heterocycles. The van der Waals surface area contributed by atoms with Crippen LogP contribution in [0.5, 0.6) is 5.75 Å². The van der Waals surface area contributed by atoms with Crippen molar-refractivity contribution in [1.29, 1.82) is 0 Å². The molecule has 0 radical (unpaired) electrons. The predicted octanol–water partition coefficient (Wildman–Crippen LogP) is 5.15. The number of halogens is 1. The lowest BCUT2D eigenvalue weighted by atomic mass is 9.54. The average molecular weight is 378 g/mol. The van der Waals surface area contributed by atoms with Crippen LogP contribution in [0.2, 0.25) is 0 Å². The summed E-state index contributed by atoms with van der Waals surface area (Å²) in [6, 6.07) is 7.29. The van der Waals surface area contributed by atoms with Gasteiger partial charge in [0, 0.05) is 12.6 Å². The summed E-state index contributed by atoms with van der Waals surface area (Å²) in [7, 11) is 0. The molecular formula is C20H28BrNO. The first-order chi connectivity index (χ1) is 11.2. The molecule has 1 aromatic carbocycles. The van der Waals surface area contributed by atoms with Crippen molar-refractivity contribution in [3.05, 3.63) is 28.2 Å². The highest BCUT2D eigenvalue weighted by atomic mass is 79.9. The van der Waals surface area contributed by atoms with E-state index in [9.17, 15) is 0 Å². The molecule has 0 saturated heterocycles. The van der Waals surface area contributed by atoms with Gasteiger partial charge in [0.05, 0.1) is 11.1 Å². The first kappa shape index (κ1) is 16.0. The molecule has 4 saturated carbocycles. The number of hydrogen-bond acceptors (Lipinski definition) is 2. The van der Waals surface area contributed by atoms with E-state index in [1.54, 1.807) is 0 Å². The Kier molecular flexibility index (Phi) is 4.69. The highest BCUT2D eigenvalue weighted by Crippen LogP contribution is 2.53. The Labute approximate surface area is 148 Å². The molecule has 4 aliphatic rings. The molecule has 3 heteroatoms. The monoisotopic (exact) mass is 377 g/mol. The Morgan fingerprint density at radius 2 is 1.78 bits per heavy atom. The van der Waals surface area contributed by atoms with Crippen molar-refractivity contribution in [3.63, 3.8) is 0 Å². The molecule has 0 spiro atoms. The summed E-state index contributed by atoms with van der Waals surface area (Å²) in [5, 5.41) is 3.91. The van der Waals surface area contributed by atoms with Crippen LogP contribution in [-0.4, -0.2) is 12.6 Å². The Hall–Kier alpha value is -0.540. The smallest absolute Gasteiger partial charge is 0.133 e. The normalized spacial score (nSPS) is 34.8. The summed E-state index contributed by atoms with van der Waals surface area (Å²) in [6.45, 7) is 3.90. The van der Waals surface area contributed by atoms with Gasteiger partial charge in [-0.3, -0.25) is 0 Å². The van der Waals surface area contributed by atoms with Crippen molar-refractivity contribution in [3.8, 4) is 5.75 Å². The van der Waals surface area contributed by atoms with Crippen LogP contribution in [0.4, 0.5) is 0 Å². The van der Waals surface area contributed by atoms with Gasteiger partial charge in [0.2, 0.25) is 0 Å². The van der Waals surface area contributed by atoms with Crippen molar-refractivity contribution in [2.45, 2.75) is 58.0 Å². The molecule has 4 aliphatic carbocycles. The number of hydrogen-bond donors (Lipinski definition) is 1. The fourth-order valence-corrected chi connectivity index (χ4v) is 6.02. The molecule has 4 bridgehead atoms. The molecule has 5 rings (SSSR count). The third-order valence-corrected chi connectivity index (χ3v) is 6.85. The quantitative estimate of drug-likeness (QED) is 0.739. The fourth-order valence-electron chi connectivity index (χ4n) is 5.48. The lowest BCUT2D eigenvalue weighted by molar-refractivity contribution is -0.0142. The molecule has 0 heterocycles. The van der Waals surface area contributed by atoms with Crippen LogP contribution in [0, 0.1) is 23.7 Å². The summed E-state index contributed by atoms with van der Waals surface area (Å²) in [5.41, 5.74) is 1.36. The third-order valence-electron chi connectivity index (χ3n) is 6.23. The molecule has 1 aromatic rings. The topological polar surface area (TPSA) is 21.3 Å². The highest BCUT2D eigenvalue weighted by molar-refractivity contribution is 9.10. The lowest BCUT2D eigenvalue weighted by Gasteiger charge is -2.54. The Morgan fingerprint density at radius 3 is 2.39 bits per heavy atom. The van der Waals surface area contributed by atoms with Gasteiger partial charge < -0.3 is 10.1 Å². The van der Waals surface area contributed by atoms with Crippen molar-refractivity contribution >= 4 is 15.9 Å². The lowest BCUT2D eigenvalue weighted by Crippen LogP contribution is -2.54. The maximum absolute atomic E-state index is 5.75. The second kappa shape index (κ2) is 6.76. The average Bonchev–Trinajstić information content (AvgIpc) is 2.53. The first-order valence-electron chi connectivity index (χ1n) is 9.37. The minimum atomic E-state index is 0.762. The summed E-state index contributed by atoms with van der Waals surface area (Å²) >= 11 is 3.65. The third kappa shape index (κ3) is 3.32. The van der Waals surface area contributed by atoms with E-state index >= 15 is 0 Å². The van der Waals surface area contributed by atoms with E-state index in [2.05, 4.69) is 46.4 Å². The second-order valence-electron chi connectivity index (χ2n) is 7.95. The van der Waals surface area contributed by atoms with Crippen LogP contribution in [0.1, 0.15) is 51.0 Å². The molecule has 1 N–H and O–H groups in total. The van der Waals surface area contributed by atoms with Crippen LogP contribution in [0.3, 0.4) is 0 Å². The van der Waals surface area contributed by atoms with Crippen LogP contribution >= 0.6 is 15.9 Å². The van der Waals surface area contributed by atoms with Gasteiger partial charge in [0.15, 0.2) is 0 Å². The van der Waals surface area contributed by atoms with Gasteiger partial charge in [-0.25, -0.2) is 0 Å². The standard InChI is InChI=1S/C20H28BrNO/c1-2-5-23-19-4-3-13(11-18(19)21)12-22-20-16-7-14-6-15(9-16)10-17(20)8-14/h3-4,11,14-17,20,22H,2,5-10,12H2,1H3. The SMILES string of the molecule is CCCOc1ccc(CNC2C3CC4CC(C3)CC2C4)cc1Br. The van der Waals surface area contributed by atoms with Crippen molar-refractivity contribution in [2.24, 2.45) is 23.7 Å². The Bertz CT molecular complexity index is 531. The molecule has 0 unspecified atom stereocenters. The molecule has 0 aliphatic heterocycles. The highest BCUT2D eigenvalue weighted by Gasteiger charge is 2.47. The number of ether oxygens (including phenoxy) is 1. The van der Waals surface area contributed by atoms with E-state index < -0.39 is 0 Å². The number of benzene rings is 1. The van der Waals surface area contributed by atoms with Crippen molar-refractivity contribution in [1.82, 2.24) is 5.32 Å². The summed E-state index contributed by atoms with van der Waals surface area (Å²) < 4.78 is 6.82. The van der Waals surface area contributed by atoms with Crippen LogP contribution in [-0.2, 0) is 6.54 Å². The zero-order chi connectivity index (χ0) is 15.8. The van der Waals surface area contributed by atoms with Crippen LogP contribution < -0.4 is 10.1 Å². The number of nitrogens with one attached hydrogen (secondary N) is 1. The van der Waals surface area contributed by atoms with Crippen LogP contribution in [0.15, 0.2) is 22.7 Å². The Balaban J connectivity index is 1.37. The van der Waals surface area contributed by atoms with Crippen molar-refractivity contribution in [2.75, 3.05) is 6.61 Å². The molecule has 126 valence electrons. The fraction of sp³-hybridized carbons (Fsp3) is 0.700. The van der Waals surface area contributed by atoms with Gasteiger partial charge >= 0.3 is 0 Å². The van der Waals surface area contributed by atoms with E-state index in [1.165, 1.54) is 37.7 Å². The zero-order valence-electron chi connectivity index (χ0n) is 14.1. The van der Waals surface area contributed by atoms with Gasteiger partial charge in [-0.15, -0.1) is 0 Å². The van der Waals surface area contributed by atoms with E-state index in [0.717, 1.165) is 59.5 Å². The number of rotatable bonds is 6. The summed E-state index contributed by atoms with van der Waals surface area (Å²) in [5.74, 6) is 4.97. The molecular weight excluding hydrogens is 350 g/mol. The Morgan fingerprint density at radius 1 is 1.09 bits per heavy atom. The predicted molar refractivity (Wildman–Crippen MR) is 97.6 cm³/mol. The van der Waals surface area contributed by atoms with Gasteiger partial charge in [-0.05, 0) is 95.8 Å². The molecule has 2 nitrogen and oxygen atoms in total. The molecule has 0 amide bonds. The van der Waals surface area contributed by atoms with Gasteiger partial charge in [0.1, 0.15) is 5.75 Å². The van der Waals surface area contributed by atoms with Gasteiger partial charge in [-0.2, -0.15) is 0 Å². The largest absolute Gasteiger partial charge is 0.492 e. The molecule has 23 heavy (non-hydrogen) atoms. The first-order valence-corrected chi connectivity index (χ1v) is 10.2. The minimum absolute atomic E-state index is 0.762. The van der Waals surface area contributed by atoms with E-state index in [0.29, 0.717) is 0 Å². The second-order valence-corrected chi connectivity index (χ2v) is 8.80. The van der Waals surface area contributed by atoms with E-state index in [1.807, 2.05) is 0 Å². The summed E-state index contributed by atoms with van der Waals surface area (Å²) in [6.07, 6.45) is 8.51. The molecule has 4 fully saturated rings. The zero-order valence-corrected chi connectivity index (χ0v) is 15.6. The van der Waals surface area contributed by atoms with Crippen molar-refractivity contribution < 1.29 is 4.74 Å². The van der Waals surface area contributed by atoms with Crippen LogP contribution in [0.25, 0.3) is 0 Å². The van der Waals surface area contributed by atoms with E-state index in [-0.39, 0.29) is 0 Å². The van der Waals surface area contributed by atoms with Gasteiger partial charge in [-0.1, -0.05) is 13.0 Å². The minimum Gasteiger partial charge on any atom is -0.492 e. The van der Waals surface area contributed by atoms with Gasteiger partial charge in [0.25, 0.3) is 0 Å². The maximum Gasteiger partial charge on any atom is 0.133 e.